The summed E-state index contributed by atoms with van der Waals surface area (Å²) in [5.41, 5.74) is 0.152. The SMILES string of the molecule is CN1CCOC(CNC2CC2)C1c1cc(F)c(F)cc1F. The zero-order valence-corrected chi connectivity index (χ0v) is 11.9. The zero-order valence-electron chi connectivity index (χ0n) is 11.9. The van der Waals surface area contributed by atoms with Crippen molar-refractivity contribution in [1.29, 1.82) is 0 Å². The summed E-state index contributed by atoms with van der Waals surface area (Å²) in [6.45, 7) is 1.76. The molecule has 3 rings (SSSR count). The molecule has 2 unspecified atom stereocenters. The average molecular weight is 300 g/mol. The number of rotatable bonds is 4. The van der Waals surface area contributed by atoms with Crippen LogP contribution >= 0.6 is 0 Å². The Morgan fingerprint density at radius 2 is 1.90 bits per heavy atom. The van der Waals surface area contributed by atoms with Gasteiger partial charge in [0.15, 0.2) is 11.6 Å². The van der Waals surface area contributed by atoms with Gasteiger partial charge in [-0.2, -0.15) is 0 Å². The van der Waals surface area contributed by atoms with Crippen LogP contribution in [0.3, 0.4) is 0 Å². The summed E-state index contributed by atoms with van der Waals surface area (Å²) in [6.07, 6.45) is 2.02. The van der Waals surface area contributed by atoms with Crippen molar-refractivity contribution in [2.75, 3.05) is 26.7 Å². The van der Waals surface area contributed by atoms with Gasteiger partial charge in [0.2, 0.25) is 0 Å². The Labute approximate surface area is 122 Å². The standard InChI is InChI=1S/C15H19F3N2O/c1-20-4-5-21-14(8-19-9-2-3-9)15(20)10-6-12(17)13(18)7-11(10)16/h6-7,9,14-15,19H,2-5,8H2,1H3. The highest BCUT2D eigenvalue weighted by atomic mass is 19.2. The molecular formula is C15H19F3N2O. The summed E-state index contributed by atoms with van der Waals surface area (Å²) < 4.78 is 46.4. The second-order valence-corrected chi connectivity index (χ2v) is 5.81. The van der Waals surface area contributed by atoms with Gasteiger partial charge in [0.05, 0.1) is 18.8 Å². The summed E-state index contributed by atoms with van der Waals surface area (Å²) in [5, 5.41) is 3.35. The van der Waals surface area contributed by atoms with Crippen LogP contribution in [-0.2, 0) is 4.74 Å². The first-order valence-electron chi connectivity index (χ1n) is 7.26. The van der Waals surface area contributed by atoms with E-state index in [9.17, 15) is 13.2 Å². The number of halogens is 3. The molecule has 0 spiro atoms. The Balaban J connectivity index is 1.85. The third kappa shape index (κ3) is 3.22. The molecule has 1 aromatic rings. The van der Waals surface area contributed by atoms with Gasteiger partial charge >= 0.3 is 0 Å². The Morgan fingerprint density at radius 1 is 1.19 bits per heavy atom. The molecule has 1 saturated heterocycles. The van der Waals surface area contributed by atoms with Gasteiger partial charge in [-0.1, -0.05) is 0 Å². The largest absolute Gasteiger partial charge is 0.374 e. The van der Waals surface area contributed by atoms with Crippen molar-refractivity contribution in [3.8, 4) is 0 Å². The fourth-order valence-corrected chi connectivity index (χ4v) is 2.81. The maximum Gasteiger partial charge on any atom is 0.161 e. The van der Waals surface area contributed by atoms with E-state index in [4.69, 9.17) is 4.74 Å². The van der Waals surface area contributed by atoms with Crippen LogP contribution in [-0.4, -0.2) is 43.8 Å². The molecule has 1 aromatic carbocycles. The predicted octanol–water partition coefficient (Wildman–Crippen LogP) is 2.23. The van der Waals surface area contributed by atoms with Crippen LogP contribution in [0, 0.1) is 17.5 Å². The molecule has 21 heavy (non-hydrogen) atoms. The molecule has 2 aliphatic rings. The predicted molar refractivity (Wildman–Crippen MR) is 72.5 cm³/mol. The van der Waals surface area contributed by atoms with Gasteiger partial charge in [-0.05, 0) is 26.0 Å². The first-order valence-corrected chi connectivity index (χ1v) is 7.26. The van der Waals surface area contributed by atoms with E-state index in [1.165, 1.54) is 0 Å². The molecule has 2 fully saturated rings. The maximum atomic E-state index is 14.1. The molecule has 2 atom stereocenters. The number of hydrogen-bond donors (Lipinski definition) is 1. The van der Waals surface area contributed by atoms with Gasteiger partial charge in [-0.3, -0.25) is 4.90 Å². The molecule has 1 N–H and O–H groups in total. The van der Waals surface area contributed by atoms with Gasteiger partial charge in [-0.25, -0.2) is 13.2 Å². The van der Waals surface area contributed by atoms with Gasteiger partial charge in [0, 0.05) is 30.8 Å². The van der Waals surface area contributed by atoms with Crippen LogP contribution in [0.5, 0.6) is 0 Å². The highest BCUT2D eigenvalue weighted by molar-refractivity contribution is 5.25. The fourth-order valence-electron chi connectivity index (χ4n) is 2.81. The van der Waals surface area contributed by atoms with E-state index in [0.29, 0.717) is 31.8 Å². The van der Waals surface area contributed by atoms with Crippen molar-refractivity contribution < 1.29 is 17.9 Å². The Hall–Kier alpha value is -1.11. The van der Waals surface area contributed by atoms with Crippen LogP contribution in [0.4, 0.5) is 13.2 Å². The van der Waals surface area contributed by atoms with E-state index >= 15 is 0 Å². The smallest absolute Gasteiger partial charge is 0.161 e. The second kappa shape index (κ2) is 5.94. The quantitative estimate of drug-likeness (QED) is 0.863. The number of morpholine rings is 1. The van der Waals surface area contributed by atoms with Crippen LogP contribution in [0.15, 0.2) is 12.1 Å². The summed E-state index contributed by atoms with van der Waals surface area (Å²) >= 11 is 0. The molecule has 116 valence electrons. The zero-order chi connectivity index (χ0) is 15.0. The van der Waals surface area contributed by atoms with Crippen LogP contribution in [0.1, 0.15) is 24.4 Å². The molecule has 1 aliphatic carbocycles. The lowest BCUT2D eigenvalue weighted by Gasteiger charge is -2.39. The van der Waals surface area contributed by atoms with Gasteiger partial charge in [-0.15, -0.1) is 0 Å². The van der Waals surface area contributed by atoms with Crippen molar-refractivity contribution in [1.82, 2.24) is 10.2 Å². The van der Waals surface area contributed by atoms with Gasteiger partial charge < -0.3 is 10.1 Å². The summed E-state index contributed by atoms with van der Waals surface area (Å²) in [4.78, 5) is 1.93. The summed E-state index contributed by atoms with van der Waals surface area (Å²) in [5.74, 6) is -2.92. The Kier molecular flexibility index (Phi) is 4.19. The average Bonchev–Trinajstić information content (AvgIpc) is 3.25. The minimum atomic E-state index is -1.16. The maximum absolute atomic E-state index is 14.1. The van der Waals surface area contributed by atoms with Crippen LogP contribution in [0.25, 0.3) is 0 Å². The highest BCUT2D eigenvalue weighted by Gasteiger charge is 2.35. The Morgan fingerprint density at radius 3 is 2.62 bits per heavy atom. The van der Waals surface area contributed by atoms with Crippen molar-refractivity contribution in [3.63, 3.8) is 0 Å². The molecule has 3 nitrogen and oxygen atoms in total. The molecule has 1 aliphatic heterocycles. The van der Waals surface area contributed by atoms with Crippen molar-refractivity contribution in [2.45, 2.75) is 31.0 Å². The summed E-state index contributed by atoms with van der Waals surface area (Å²) in [7, 11) is 1.85. The van der Waals surface area contributed by atoms with E-state index in [2.05, 4.69) is 5.32 Å². The molecule has 0 bridgehead atoms. The van der Waals surface area contributed by atoms with Crippen molar-refractivity contribution in [2.24, 2.45) is 0 Å². The van der Waals surface area contributed by atoms with Crippen molar-refractivity contribution in [3.05, 3.63) is 35.1 Å². The highest BCUT2D eigenvalue weighted by Crippen LogP contribution is 2.31. The lowest BCUT2D eigenvalue weighted by molar-refractivity contribution is -0.0626. The first kappa shape index (κ1) is 14.8. The van der Waals surface area contributed by atoms with E-state index in [1.807, 2.05) is 11.9 Å². The molecule has 0 radical (unpaired) electrons. The molecule has 1 heterocycles. The number of likely N-dealkylation sites (N-methyl/N-ethyl adjacent to an activating group) is 1. The molecule has 6 heteroatoms. The summed E-state index contributed by atoms with van der Waals surface area (Å²) in [6, 6.07) is 1.65. The second-order valence-electron chi connectivity index (χ2n) is 5.81. The number of nitrogens with zero attached hydrogens (tertiary/aromatic N) is 1. The van der Waals surface area contributed by atoms with Gasteiger partial charge in [0.1, 0.15) is 5.82 Å². The molecule has 0 amide bonds. The normalized spacial score (nSPS) is 27.0. The van der Waals surface area contributed by atoms with E-state index in [-0.39, 0.29) is 11.7 Å². The number of benzene rings is 1. The van der Waals surface area contributed by atoms with E-state index < -0.39 is 23.5 Å². The van der Waals surface area contributed by atoms with Crippen molar-refractivity contribution >= 4 is 0 Å². The minimum Gasteiger partial charge on any atom is -0.374 e. The lowest BCUT2D eigenvalue weighted by atomic mass is 9.97. The molecule has 1 saturated carbocycles. The third-order valence-corrected chi connectivity index (χ3v) is 4.15. The lowest BCUT2D eigenvalue weighted by Crippen LogP contribution is -2.48. The Bertz CT molecular complexity index is 522. The minimum absolute atomic E-state index is 0.152. The number of hydrogen-bond acceptors (Lipinski definition) is 3. The van der Waals surface area contributed by atoms with Gasteiger partial charge in [0.25, 0.3) is 0 Å². The van der Waals surface area contributed by atoms with Crippen LogP contribution in [0.2, 0.25) is 0 Å². The van der Waals surface area contributed by atoms with Crippen LogP contribution < -0.4 is 5.32 Å². The molecule has 0 aromatic heterocycles. The fraction of sp³-hybridized carbons (Fsp3) is 0.600. The molecular weight excluding hydrogens is 281 g/mol. The first-order chi connectivity index (χ1) is 10.1. The third-order valence-electron chi connectivity index (χ3n) is 4.15. The van der Waals surface area contributed by atoms with E-state index in [0.717, 1.165) is 18.9 Å². The number of nitrogens with one attached hydrogen (secondary N) is 1. The topological polar surface area (TPSA) is 24.5 Å². The monoisotopic (exact) mass is 300 g/mol. The van der Waals surface area contributed by atoms with E-state index in [1.54, 1.807) is 0 Å². The number of ether oxygens (including phenoxy) is 1.